The standard InChI is InChI=1S/C20H34N2O6/c1-12(2)9-10-14-16(28-20(3,4)27-14)15(23)17(26-5)19(25)22-13-8-6-7-11-21-18(13)24/h9-10,12-17,23H,6-8,11H2,1-5H3,(H,21,24)(H,22,25)/b10-9+/t13-,14+,15+,16-,17+/m0/s1. The molecule has 0 aliphatic carbocycles. The minimum atomic E-state index is -1.26. The van der Waals surface area contributed by atoms with Gasteiger partial charge < -0.3 is 30.0 Å². The lowest BCUT2D eigenvalue weighted by molar-refractivity contribution is -0.169. The lowest BCUT2D eigenvalue weighted by atomic mass is 10.0. The summed E-state index contributed by atoms with van der Waals surface area (Å²) in [7, 11) is 1.35. The maximum absolute atomic E-state index is 12.7. The van der Waals surface area contributed by atoms with E-state index in [4.69, 9.17) is 14.2 Å². The zero-order chi connectivity index (χ0) is 20.9. The molecule has 2 fully saturated rings. The van der Waals surface area contributed by atoms with Gasteiger partial charge in [-0.05, 0) is 39.0 Å². The quantitative estimate of drug-likeness (QED) is 0.550. The van der Waals surface area contributed by atoms with Gasteiger partial charge in [0.2, 0.25) is 5.91 Å². The van der Waals surface area contributed by atoms with Crippen molar-refractivity contribution in [2.45, 2.75) is 83.2 Å². The van der Waals surface area contributed by atoms with Gasteiger partial charge in [-0.25, -0.2) is 0 Å². The van der Waals surface area contributed by atoms with Gasteiger partial charge in [-0.15, -0.1) is 0 Å². The van der Waals surface area contributed by atoms with Crippen LogP contribution >= 0.6 is 0 Å². The lowest BCUT2D eigenvalue weighted by Gasteiger charge is -2.28. The second-order valence-corrected chi connectivity index (χ2v) is 8.19. The van der Waals surface area contributed by atoms with Crippen LogP contribution in [0.5, 0.6) is 0 Å². The van der Waals surface area contributed by atoms with E-state index in [1.165, 1.54) is 7.11 Å². The summed E-state index contributed by atoms with van der Waals surface area (Å²) < 4.78 is 17.0. The molecular formula is C20H34N2O6. The Bertz CT molecular complexity index is 577. The van der Waals surface area contributed by atoms with Gasteiger partial charge in [0, 0.05) is 13.7 Å². The highest BCUT2D eigenvalue weighted by atomic mass is 16.8. The van der Waals surface area contributed by atoms with E-state index in [1.807, 2.05) is 26.0 Å². The Morgan fingerprint density at radius 2 is 2.07 bits per heavy atom. The number of nitrogens with one attached hydrogen (secondary N) is 2. The topological polar surface area (TPSA) is 106 Å². The maximum Gasteiger partial charge on any atom is 0.252 e. The molecule has 8 nitrogen and oxygen atoms in total. The number of rotatable bonds is 7. The Morgan fingerprint density at radius 3 is 2.71 bits per heavy atom. The van der Waals surface area contributed by atoms with E-state index < -0.39 is 42.2 Å². The zero-order valence-electron chi connectivity index (χ0n) is 17.4. The average molecular weight is 399 g/mol. The number of allylic oxidation sites excluding steroid dienone is 1. The molecule has 0 radical (unpaired) electrons. The summed E-state index contributed by atoms with van der Waals surface area (Å²) in [6.07, 6.45) is 2.34. The van der Waals surface area contributed by atoms with E-state index in [1.54, 1.807) is 13.8 Å². The van der Waals surface area contributed by atoms with Crippen LogP contribution in [0.3, 0.4) is 0 Å². The molecule has 5 atom stereocenters. The van der Waals surface area contributed by atoms with Crippen molar-refractivity contribution in [1.29, 1.82) is 0 Å². The third-order valence-corrected chi connectivity index (χ3v) is 4.86. The van der Waals surface area contributed by atoms with Crippen molar-refractivity contribution in [2.75, 3.05) is 13.7 Å². The maximum atomic E-state index is 12.7. The number of carbonyl (C=O) groups excluding carboxylic acids is 2. The monoisotopic (exact) mass is 398 g/mol. The summed E-state index contributed by atoms with van der Waals surface area (Å²) in [6.45, 7) is 8.19. The number of methoxy groups -OCH3 is 1. The van der Waals surface area contributed by atoms with Gasteiger partial charge in [0.15, 0.2) is 11.9 Å². The summed E-state index contributed by atoms with van der Waals surface area (Å²) in [5.41, 5.74) is 0. The summed E-state index contributed by atoms with van der Waals surface area (Å²) in [5.74, 6) is -1.35. The number of aliphatic hydroxyl groups excluding tert-OH is 1. The van der Waals surface area contributed by atoms with Gasteiger partial charge >= 0.3 is 0 Å². The fraction of sp³-hybridized carbons (Fsp3) is 0.800. The SMILES string of the molecule is CO[C@@H](C(=O)N[C@H]1CCCCNC1=O)[C@H](O)[C@H]1OC(C)(C)O[C@@H]1/C=C/C(C)C. The Labute approximate surface area is 167 Å². The van der Waals surface area contributed by atoms with Gasteiger partial charge in [-0.1, -0.05) is 26.0 Å². The summed E-state index contributed by atoms with van der Waals surface area (Å²) >= 11 is 0. The number of ether oxygens (including phenoxy) is 3. The molecular weight excluding hydrogens is 364 g/mol. The average Bonchev–Trinajstić information content (AvgIpc) is 2.79. The molecule has 0 saturated carbocycles. The van der Waals surface area contributed by atoms with Crippen molar-refractivity contribution < 1.29 is 28.9 Å². The Balaban J connectivity index is 2.10. The molecule has 8 heteroatoms. The number of carbonyl (C=O) groups is 2. The molecule has 2 amide bonds. The van der Waals surface area contributed by atoms with Crippen LogP contribution in [0, 0.1) is 5.92 Å². The van der Waals surface area contributed by atoms with E-state index in [2.05, 4.69) is 10.6 Å². The molecule has 0 aromatic rings. The van der Waals surface area contributed by atoms with Crippen LogP contribution in [0.1, 0.15) is 47.0 Å². The molecule has 2 saturated heterocycles. The predicted octanol–water partition coefficient (Wildman–Crippen LogP) is 0.880. The van der Waals surface area contributed by atoms with E-state index in [0.717, 1.165) is 12.8 Å². The van der Waals surface area contributed by atoms with Gasteiger partial charge in [-0.2, -0.15) is 0 Å². The molecule has 2 rings (SSSR count). The molecule has 2 aliphatic heterocycles. The van der Waals surface area contributed by atoms with Crippen molar-refractivity contribution in [3.63, 3.8) is 0 Å². The van der Waals surface area contributed by atoms with E-state index in [9.17, 15) is 14.7 Å². The fourth-order valence-corrected chi connectivity index (χ4v) is 3.47. The highest BCUT2D eigenvalue weighted by Gasteiger charge is 2.47. The number of aliphatic hydroxyl groups is 1. The first kappa shape index (κ1) is 22.8. The first-order valence-electron chi connectivity index (χ1n) is 9.97. The van der Waals surface area contributed by atoms with Crippen LogP contribution in [0.15, 0.2) is 12.2 Å². The van der Waals surface area contributed by atoms with Crippen molar-refractivity contribution in [1.82, 2.24) is 10.6 Å². The second kappa shape index (κ2) is 9.82. The Kier molecular flexibility index (Phi) is 8.00. The van der Waals surface area contributed by atoms with Crippen LogP contribution in [0.4, 0.5) is 0 Å². The molecule has 160 valence electrons. The highest BCUT2D eigenvalue weighted by molar-refractivity contribution is 5.89. The predicted molar refractivity (Wildman–Crippen MR) is 103 cm³/mol. The summed E-state index contributed by atoms with van der Waals surface area (Å²) in [6, 6.07) is -0.631. The molecule has 28 heavy (non-hydrogen) atoms. The van der Waals surface area contributed by atoms with E-state index >= 15 is 0 Å². The van der Waals surface area contributed by atoms with Gasteiger partial charge in [0.05, 0.1) is 0 Å². The molecule has 0 spiro atoms. The van der Waals surface area contributed by atoms with Crippen LogP contribution < -0.4 is 10.6 Å². The minimum Gasteiger partial charge on any atom is -0.387 e. The Hall–Kier alpha value is -1.48. The van der Waals surface area contributed by atoms with E-state index in [-0.39, 0.29) is 5.91 Å². The van der Waals surface area contributed by atoms with Crippen LogP contribution in [0.25, 0.3) is 0 Å². The number of hydrogen-bond acceptors (Lipinski definition) is 6. The minimum absolute atomic E-state index is 0.213. The van der Waals surface area contributed by atoms with Crippen molar-refractivity contribution in [3.05, 3.63) is 12.2 Å². The molecule has 2 heterocycles. The summed E-state index contributed by atoms with van der Waals surface area (Å²) in [4.78, 5) is 24.8. The summed E-state index contributed by atoms with van der Waals surface area (Å²) in [5, 5.41) is 16.3. The Morgan fingerprint density at radius 1 is 1.36 bits per heavy atom. The first-order chi connectivity index (χ1) is 13.1. The molecule has 2 aliphatic rings. The number of amides is 2. The number of hydrogen-bond donors (Lipinski definition) is 3. The largest absolute Gasteiger partial charge is 0.387 e. The molecule has 0 aromatic heterocycles. The van der Waals surface area contributed by atoms with E-state index in [0.29, 0.717) is 18.9 Å². The molecule has 0 bridgehead atoms. The third kappa shape index (κ3) is 6.01. The second-order valence-electron chi connectivity index (χ2n) is 8.19. The van der Waals surface area contributed by atoms with Crippen LogP contribution in [-0.2, 0) is 23.8 Å². The first-order valence-corrected chi connectivity index (χ1v) is 9.97. The van der Waals surface area contributed by atoms with Gasteiger partial charge in [-0.3, -0.25) is 9.59 Å². The third-order valence-electron chi connectivity index (χ3n) is 4.86. The van der Waals surface area contributed by atoms with Gasteiger partial charge in [0.25, 0.3) is 5.91 Å². The normalized spacial score (nSPS) is 30.1. The highest BCUT2D eigenvalue weighted by Crippen LogP contribution is 2.32. The van der Waals surface area contributed by atoms with Crippen molar-refractivity contribution >= 4 is 11.8 Å². The van der Waals surface area contributed by atoms with Crippen LogP contribution in [-0.4, -0.2) is 66.8 Å². The lowest BCUT2D eigenvalue weighted by Crippen LogP contribution is -2.55. The zero-order valence-corrected chi connectivity index (χ0v) is 17.4. The van der Waals surface area contributed by atoms with Gasteiger partial charge in [0.1, 0.15) is 24.4 Å². The molecule has 3 N–H and O–H groups in total. The van der Waals surface area contributed by atoms with Crippen molar-refractivity contribution in [2.24, 2.45) is 5.92 Å². The van der Waals surface area contributed by atoms with Crippen LogP contribution in [0.2, 0.25) is 0 Å². The van der Waals surface area contributed by atoms with Crippen molar-refractivity contribution in [3.8, 4) is 0 Å². The molecule has 0 aromatic carbocycles. The molecule has 0 unspecified atom stereocenters. The fourth-order valence-electron chi connectivity index (χ4n) is 3.47. The smallest absolute Gasteiger partial charge is 0.252 e.